The highest BCUT2D eigenvalue weighted by atomic mass is 16.6. The third-order valence-corrected chi connectivity index (χ3v) is 3.12. The van der Waals surface area contributed by atoms with Gasteiger partial charge in [-0.2, -0.15) is 0 Å². The molecule has 0 aromatic heterocycles. The van der Waals surface area contributed by atoms with Gasteiger partial charge in [-0.05, 0) is 25.8 Å². The molecule has 0 saturated carbocycles. The fourth-order valence-corrected chi connectivity index (χ4v) is 2.50. The van der Waals surface area contributed by atoms with Crippen LogP contribution in [-0.4, -0.2) is 12.6 Å². The van der Waals surface area contributed by atoms with Gasteiger partial charge in [0.1, 0.15) is 0 Å². The van der Waals surface area contributed by atoms with Gasteiger partial charge in [0.15, 0.2) is 0 Å². The quantitative estimate of drug-likeness (QED) is 0.767. The molecule has 3 nitrogen and oxygen atoms in total. The van der Waals surface area contributed by atoms with E-state index < -0.39 is 0 Å². The number of hydrogen-bond donors (Lipinski definition) is 1. The second kappa shape index (κ2) is 4.21. The average molecular weight is 206 g/mol. The zero-order chi connectivity index (χ0) is 10.8. The molecule has 0 spiro atoms. The van der Waals surface area contributed by atoms with Crippen LogP contribution < -0.4 is 10.8 Å². The molecule has 0 bridgehead atoms. The Labute approximate surface area is 90.8 Å². The normalized spacial score (nSPS) is 19.4. The molecule has 1 aromatic rings. The molecule has 1 aromatic carbocycles. The van der Waals surface area contributed by atoms with Crippen molar-refractivity contribution in [1.29, 1.82) is 0 Å². The van der Waals surface area contributed by atoms with E-state index in [1.54, 1.807) is 0 Å². The minimum absolute atomic E-state index is 0.492. The summed E-state index contributed by atoms with van der Waals surface area (Å²) < 4.78 is 0. The van der Waals surface area contributed by atoms with Crippen LogP contribution in [0, 0.1) is 0 Å². The Balaban J connectivity index is 2.41. The lowest BCUT2D eigenvalue weighted by Crippen LogP contribution is -2.29. The first-order valence-corrected chi connectivity index (χ1v) is 5.47. The van der Waals surface area contributed by atoms with Crippen LogP contribution in [0.5, 0.6) is 0 Å². The van der Waals surface area contributed by atoms with Crippen LogP contribution in [0.1, 0.15) is 25.0 Å². The molecule has 3 heteroatoms. The van der Waals surface area contributed by atoms with Gasteiger partial charge in [0, 0.05) is 23.8 Å². The van der Waals surface area contributed by atoms with E-state index in [1.807, 2.05) is 0 Å². The number of nitrogens with zero attached hydrogens (tertiary/aromatic N) is 1. The highest BCUT2D eigenvalue weighted by Crippen LogP contribution is 2.35. The van der Waals surface area contributed by atoms with Gasteiger partial charge in [0.2, 0.25) is 0 Å². The third kappa shape index (κ3) is 1.73. The molecule has 0 aliphatic carbocycles. The summed E-state index contributed by atoms with van der Waals surface area (Å²) in [6, 6.07) is 6.95. The summed E-state index contributed by atoms with van der Waals surface area (Å²) in [5.74, 6) is 5.16. The van der Waals surface area contributed by atoms with Crippen molar-refractivity contribution in [1.82, 2.24) is 0 Å². The standard InChI is InChI=1S/C12H18N2O/c1-3-14-9(2)7-10-5-4-6-11(8-15-13)12(10)14/h4-6,9H,3,7-8,13H2,1-2H3. The lowest BCUT2D eigenvalue weighted by atomic mass is 10.1. The summed E-state index contributed by atoms with van der Waals surface area (Å²) in [5.41, 5.74) is 3.94. The summed E-state index contributed by atoms with van der Waals surface area (Å²) in [6.45, 7) is 5.98. The van der Waals surface area contributed by atoms with E-state index in [4.69, 9.17) is 10.7 Å². The monoisotopic (exact) mass is 206 g/mol. The summed E-state index contributed by atoms with van der Waals surface area (Å²) >= 11 is 0. The van der Waals surface area contributed by atoms with Crippen LogP contribution in [0.3, 0.4) is 0 Å². The van der Waals surface area contributed by atoms with Crippen molar-refractivity contribution < 1.29 is 4.84 Å². The second-order valence-corrected chi connectivity index (χ2v) is 4.08. The van der Waals surface area contributed by atoms with Crippen LogP contribution in [0.25, 0.3) is 0 Å². The van der Waals surface area contributed by atoms with E-state index in [0.717, 1.165) is 13.0 Å². The molecule has 2 rings (SSSR count). The Kier molecular flexibility index (Phi) is 2.93. The van der Waals surface area contributed by atoms with Gasteiger partial charge in [-0.3, -0.25) is 4.84 Å². The minimum atomic E-state index is 0.492. The minimum Gasteiger partial charge on any atom is -0.368 e. The van der Waals surface area contributed by atoms with E-state index in [1.165, 1.54) is 16.8 Å². The molecule has 0 fully saturated rings. The lowest BCUT2D eigenvalue weighted by Gasteiger charge is -2.24. The average Bonchev–Trinajstić information content (AvgIpc) is 2.55. The fraction of sp³-hybridized carbons (Fsp3) is 0.500. The molecule has 1 heterocycles. The SMILES string of the molecule is CCN1c2c(CON)cccc2CC1C. The molecule has 0 radical (unpaired) electrons. The highest BCUT2D eigenvalue weighted by molar-refractivity contribution is 5.64. The van der Waals surface area contributed by atoms with Gasteiger partial charge < -0.3 is 4.90 Å². The molecular weight excluding hydrogens is 188 g/mol. The zero-order valence-electron chi connectivity index (χ0n) is 9.36. The van der Waals surface area contributed by atoms with Crippen LogP contribution in [0.2, 0.25) is 0 Å². The first-order valence-electron chi connectivity index (χ1n) is 5.47. The second-order valence-electron chi connectivity index (χ2n) is 4.08. The number of hydrogen-bond acceptors (Lipinski definition) is 3. The van der Waals surface area contributed by atoms with Crippen molar-refractivity contribution in [2.75, 3.05) is 11.4 Å². The maximum Gasteiger partial charge on any atom is 0.0950 e. The number of fused-ring (bicyclic) bond motifs is 1. The maximum absolute atomic E-state index is 5.16. The Hall–Kier alpha value is -1.06. The summed E-state index contributed by atoms with van der Waals surface area (Å²) in [4.78, 5) is 7.17. The number of para-hydroxylation sites is 1. The summed E-state index contributed by atoms with van der Waals surface area (Å²) in [6.07, 6.45) is 1.13. The maximum atomic E-state index is 5.16. The van der Waals surface area contributed by atoms with E-state index in [0.29, 0.717) is 12.6 Å². The third-order valence-electron chi connectivity index (χ3n) is 3.12. The summed E-state index contributed by atoms with van der Waals surface area (Å²) in [7, 11) is 0. The van der Waals surface area contributed by atoms with E-state index >= 15 is 0 Å². The Morgan fingerprint density at radius 2 is 2.33 bits per heavy atom. The Morgan fingerprint density at radius 3 is 3.00 bits per heavy atom. The molecule has 2 N–H and O–H groups in total. The number of anilines is 1. The van der Waals surface area contributed by atoms with Gasteiger partial charge >= 0.3 is 0 Å². The molecule has 1 atom stereocenters. The van der Waals surface area contributed by atoms with E-state index in [2.05, 4.69) is 36.9 Å². The van der Waals surface area contributed by atoms with Crippen LogP contribution in [-0.2, 0) is 17.9 Å². The van der Waals surface area contributed by atoms with Crippen molar-refractivity contribution in [2.45, 2.75) is 32.9 Å². The first kappa shape index (κ1) is 10.5. The Bertz CT molecular complexity index is 351. The van der Waals surface area contributed by atoms with E-state index in [-0.39, 0.29) is 0 Å². The molecule has 15 heavy (non-hydrogen) atoms. The molecule has 1 aliphatic heterocycles. The molecule has 1 unspecified atom stereocenters. The smallest absolute Gasteiger partial charge is 0.0950 e. The Morgan fingerprint density at radius 1 is 1.53 bits per heavy atom. The van der Waals surface area contributed by atoms with Gasteiger partial charge in [0.25, 0.3) is 0 Å². The van der Waals surface area contributed by atoms with Gasteiger partial charge in [-0.1, -0.05) is 18.2 Å². The van der Waals surface area contributed by atoms with Gasteiger partial charge in [-0.15, -0.1) is 0 Å². The van der Waals surface area contributed by atoms with Crippen LogP contribution in [0.4, 0.5) is 5.69 Å². The number of benzene rings is 1. The van der Waals surface area contributed by atoms with Gasteiger partial charge in [0.05, 0.1) is 6.61 Å². The predicted octanol–water partition coefficient (Wildman–Crippen LogP) is 1.85. The van der Waals surface area contributed by atoms with Crippen molar-refractivity contribution in [3.05, 3.63) is 29.3 Å². The van der Waals surface area contributed by atoms with Crippen molar-refractivity contribution in [2.24, 2.45) is 5.90 Å². The van der Waals surface area contributed by atoms with Crippen LogP contribution in [0.15, 0.2) is 18.2 Å². The number of rotatable bonds is 3. The van der Waals surface area contributed by atoms with Crippen molar-refractivity contribution in [3.63, 3.8) is 0 Å². The first-order chi connectivity index (χ1) is 7.27. The topological polar surface area (TPSA) is 38.5 Å². The molecule has 0 amide bonds. The van der Waals surface area contributed by atoms with Crippen molar-refractivity contribution >= 4 is 5.69 Å². The summed E-state index contributed by atoms with van der Waals surface area (Å²) in [5, 5.41) is 0. The van der Waals surface area contributed by atoms with Crippen molar-refractivity contribution in [3.8, 4) is 0 Å². The largest absolute Gasteiger partial charge is 0.368 e. The zero-order valence-corrected chi connectivity index (χ0v) is 9.36. The molecule has 1 aliphatic rings. The fourth-order valence-electron chi connectivity index (χ4n) is 2.50. The lowest BCUT2D eigenvalue weighted by molar-refractivity contribution is 0.124. The number of nitrogens with two attached hydrogens (primary N) is 1. The van der Waals surface area contributed by atoms with Crippen LogP contribution >= 0.6 is 0 Å². The van der Waals surface area contributed by atoms with E-state index in [9.17, 15) is 0 Å². The predicted molar refractivity (Wildman–Crippen MR) is 61.6 cm³/mol. The molecule has 82 valence electrons. The number of likely N-dealkylation sites (N-methyl/N-ethyl adjacent to an activating group) is 1. The molecular formula is C12H18N2O. The van der Waals surface area contributed by atoms with Gasteiger partial charge in [-0.25, -0.2) is 5.90 Å². The molecule has 0 saturated heterocycles. The highest BCUT2D eigenvalue weighted by Gasteiger charge is 2.26.